The lowest BCUT2D eigenvalue weighted by molar-refractivity contribution is -0.141. The minimum absolute atomic E-state index is 0.300. The van der Waals surface area contributed by atoms with Gasteiger partial charge in [0.05, 0.1) is 35.0 Å². The summed E-state index contributed by atoms with van der Waals surface area (Å²) in [6.45, 7) is 1.77. The van der Waals surface area contributed by atoms with Crippen LogP contribution in [0.1, 0.15) is 18.4 Å². The van der Waals surface area contributed by atoms with E-state index in [2.05, 4.69) is 5.10 Å². The van der Waals surface area contributed by atoms with Gasteiger partial charge in [-0.3, -0.25) is 4.79 Å². The maximum atomic E-state index is 11.5. The molecular weight excluding hydrogens is 287 g/mol. The molecule has 0 N–H and O–H groups in total. The number of carbonyl (C=O) groups is 1. The van der Waals surface area contributed by atoms with Gasteiger partial charge in [-0.1, -0.05) is 29.3 Å². The molecule has 6 heteroatoms. The number of aromatic nitrogens is 2. The predicted octanol–water partition coefficient (Wildman–Crippen LogP) is 3.46. The Labute approximate surface area is 120 Å². The molecule has 0 radical (unpaired) electrons. The number of benzene rings is 1. The first kappa shape index (κ1) is 13.9. The molecule has 0 amide bonds. The number of methoxy groups -OCH3 is 1. The second-order valence-electron chi connectivity index (χ2n) is 4.06. The molecule has 1 heterocycles. The molecule has 1 unspecified atom stereocenters. The van der Waals surface area contributed by atoms with Gasteiger partial charge in [0.2, 0.25) is 0 Å². The Bertz CT molecular complexity index is 610. The van der Waals surface area contributed by atoms with Crippen LogP contribution < -0.4 is 0 Å². The Balaban J connectivity index is 2.34. The first-order chi connectivity index (χ1) is 9.02. The van der Waals surface area contributed by atoms with Gasteiger partial charge >= 0.3 is 5.97 Å². The van der Waals surface area contributed by atoms with Crippen LogP contribution in [0.3, 0.4) is 0 Å². The van der Waals surface area contributed by atoms with Crippen LogP contribution >= 0.6 is 23.2 Å². The Hall–Kier alpha value is -1.52. The summed E-state index contributed by atoms with van der Waals surface area (Å²) in [6, 6.07) is 5.34. The van der Waals surface area contributed by atoms with E-state index in [0.29, 0.717) is 15.7 Å². The van der Waals surface area contributed by atoms with Gasteiger partial charge in [-0.25, -0.2) is 4.68 Å². The van der Waals surface area contributed by atoms with E-state index < -0.39 is 0 Å². The van der Waals surface area contributed by atoms with Crippen molar-refractivity contribution < 1.29 is 9.53 Å². The summed E-state index contributed by atoms with van der Waals surface area (Å²) < 4.78 is 6.29. The van der Waals surface area contributed by atoms with Crippen molar-refractivity contribution in [2.45, 2.75) is 12.8 Å². The molecule has 4 nitrogen and oxygen atoms in total. The van der Waals surface area contributed by atoms with Crippen LogP contribution in [0.4, 0.5) is 0 Å². The molecule has 0 bridgehead atoms. The van der Waals surface area contributed by atoms with Crippen molar-refractivity contribution in [1.29, 1.82) is 0 Å². The van der Waals surface area contributed by atoms with E-state index in [4.69, 9.17) is 27.9 Å². The first-order valence-corrected chi connectivity index (χ1v) is 6.36. The van der Waals surface area contributed by atoms with Crippen molar-refractivity contribution in [3.05, 3.63) is 46.2 Å². The van der Waals surface area contributed by atoms with E-state index in [0.717, 1.165) is 5.56 Å². The van der Waals surface area contributed by atoms with Gasteiger partial charge < -0.3 is 4.74 Å². The van der Waals surface area contributed by atoms with Crippen LogP contribution in [-0.4, -0.2) is 22.9 Å². The number of rotatable bonds is 3. The lowest BCUT2D eigenvalue weighted by atomic mass is 10.0. The number of halogens is 2. The van der Waals surface area contributed by atoms with E-state index in [1.807, 2.05) is 6.07 Å². The van der Waals surface area contributed by atoms with Gasteiger partial charge in [0, 0.05) is 6.20 Å². The lowest BCUT2D eigenvalue weighted by Gasteiger charge is -2.11. The molecule has 0 aliphatic rings. The monoisotopic (exact) mass is 298 g/mol. The van der Waals surface area contributed by atoms with Crippen LogP contribution in [-0.2, 0) is 9.53 Å². The summed E-state index contributed by atoms with van der Waals surface area (Å²) in [5.41, 5.74) is 1.49. The summed E-state index contributed by atoms with van der Waals surface area (Å²) in [6.07, 6.45) is 3.19. The Kier molecular flexibility index (Phi) is 4.12. The zero-order valence-electron chi connectivity index (χ0n) is 10.4. The fourth-order valence-electron chi connectivity index (χ4n) is 1.72. The van der Waals surface area contributed by atoms with Gasteiger partial charge in [0.1, 0.15) is 0 Å². The number of esters is 1. The van der Waals surface area contributed by atoms with E-state index in [1.54, 1.807) is 29.9 Å². The molecule has 1 aromatic carbocycles. The molecule has 1 aromatic heterocycles. The average molecular weight is 299 g/mol. The smallest absolute Gasteiger partial charge is 0.312 e. The third-order valence-electron chi connectivity index (χ3n) is 2.82. The Morgan fingerprint density at radius 1 is 1.42 bits per heavy atom. The van der Waals surface area contributed by atoms with E-state index in [-0.39, 0.29) is 11.9 Å². The van der Waals surface area contributed by atoms with Gasteiger partial charge in [0.25, 0.3) is 0 Å². The molecule has 0 fully saturated rings. The maximum absolute atomic E-state index is 11.5. The normalized spacial score (nSPS) is 12.2. The van der Waals surface area contributed by atoms with Gasteiger partial charge in [-0.05, 0) is 24.6 Å². The predicted molar refractivity (Wildman–Crippen MR) is 74.0 cm³/mol. The highest BCUT2D eigenvalue weighted by Crippen LogP contribution is 2.26. The summed E-state index contributed by atoms with van der Waals surface area (Å²) in [5, 5.41) is 5.11. The van der Waals surface area contributed by atoms with E-state index >= 15 is 0 Å². The molecule has 2 rings (SSSR count). The SMILES string of the molecule is COC(=O)C(C)c1ccc(-n2cc(Cl)cn2)c(Cl)c1. The quantitative estimate of drug-likeness (QED) is 0.815. The Morgan fingerprint density at radius 3 is 2.68 bits per heavy atom. The van der Waals surface area contributed by atoms with E-state index in [1.165, 1.54) is 13.3 Å². The second-order valence-corrected chi connectivity index (χ2v) is 4.90. The standard InChI is InChI=1S/C13H12Cl2N2O2/c1-8(13(18)19-2)9-3-4-12(11(15)5-9)17-7-10(14)6-16-17/h3-8H,1-2H3. The molecule has 0 spiro atoms. The van der Waals surface area contributed by atoms with Gasteiger partial charge in [-0.2, -0.15) is 5.10 Å². The number of ether oxygens (including phenoxy) is 1. The second kappa shape index (κ2) is 5.63. The highest BCUT2D eigenvalue weighted by atomic mass is 35.5. The number of carbonyl (C=O) groups excluding carboxylic acids is 1. The number of hydrogen-bond donors (Lipinski definition) is 0. The molecule has 19 heavy (non-hydrogen) atoms. The molecule has 1 atom stereocenters. The maximum Gasteiger partial charge on any atom is 0.312 e. The first-order valence-electron chi connectivity index (χ1n) is 5.60. The van der Waals surface area contributed by atoms with Crippen LogP contribution in [0.2, 0.25) is 10.0 Å². The molecule has 0 saturated heterocycles. The number of hydrogen-bond acceptors (Lipinski definition) is 3. The van der Waals surface area contributed by atoms with Crippen LogP contribution in [0.5, 0.6) is 0 Å². The van der Waals surface area contributed by atoms with Crippen LogP contribution in [0, 0.1) is 0 Å². The summed E-state index contributed by atoms with van der Waals surface area (Å²) in [5.74, 6) is -0.663. The minimum Gasteiger partial charge on any atom is -0.469 e. The molecular formula is C13H12Cl2N2O2. The highest BCUT2D eigenvalue weighted by molar-refractivity contribution is 6.32. The molecule has 0 aliphatic heterocycles. The third-order valence-corrected chi connectivity index (χ3v) is 3.32. The van der Waals surface area contributed by atoms with Crippen molar-refractivity contribution in [2.24, 2.45) is 0 Å². The highest BCUT2D eigenvalue weighted by Gasteiger charge is 2.17. The van der Waals surface area contributed by atoms with Crippen molar-refractivity contribution >= 4 is 29.2 Å². The average Bonchev–Trinajstić information content (AvgIpc) is 2.83. The van der Waals surface area contributed by atoms with Crippen molar-refractivity contribution in [2.75, 3.05) is 7.11 Å². The lowest BCUT2D eigenvalue weighted by Crippen LogP contribution is -2.11. The fraction of sp³-hybridized carbons (Fsp3) is 0.231. The summed E-state index contributed by atoms with van der Waals surface area (Å²) in [4.78, 5) is 11.5. The Morgan fingerprint density at radius 2 is 2.16 bits per heavy atom. The molecule has 100 valence electrons. The molecule has 2 aromatic rings. The van der Waals surface area contributed by atoms with E-state index in [9.17, 15) is 4.79 Å². The third kappa shape index (κ3) is 2.91. The summed E-state index contributed by atoms with van der Waals surface area (Å²) in [7, 11) is 1.36. The fourth-order valence-corrected chi connectivity index (χ4v) is 2.14. The molecule has 0 aliphatic carbocycles. The van der Waals surface area contributed by atoms with Crippen molar-refractivity contribution in [1.82, 2.24) is 9.78 Å². The largest absolute Gasteiger partial charge is 0.469 e. The van der Waals surface area contributed by atoms with Crippen LogP contribution in [0.15, 0.2) is 30.6 Å². The zero-order chi connectivity index (χ0) is 14.0. The topological polar surface area (TPSA) is 44.1 Å². The van der Waals surface area contributed by atoms with Crippen molar-refractivity contribution in [3.63, 3.8) is 0 Å². The van der Waals surface area contributed by atoms with Gasteiger partial charge in [0.15, 0.2) is 0 Å². The number of nitrogens with zero attached hydrogens (tertiary/aromatic N) is 2. The summed E-state index contributed by atoms with van der Waals surface area (Å²) >= 11 is 12.0. The van der Waals surface area contributed by atoms with Crippen molar-refractivity contribution in [3.8, 4) is 5.69 Å². The molecule has 0 saturated carbocycles. The zero-order valence-corrected chi connectivity index (χ0v) is 11.9. The van der Waals surface area contributed by atoms with Gasteiger partial charge in [-0.15, -0.1) is 0 Å². The van der Waals surface area contributed by atoms with Crippen LogP contribution in [0.25, 0.3) is 5.69 Å². The minimum atomic E-state index is -0.363.